The zero-order chi connectivity index (χ0) is 13.0. The summed E-state index contributed by atoms with van der Waals surface area (Å²) < 4.78 is 0. The van der Waals surface area contributed by atoms with E-state index in [-0.39, 0.29) is 6.10 Å². The van der Waals surface area contributed by atoms with Gasteiger partial charge in [0.25, 0.3) is 0 Å². The number of aliphatic hydroxyl groups is 1. The molecule has 1 saturated heterocycles. The summed E-state index contributed by atoms with van der Waals surface area (Å²) >= 11 is 0. The number of anilines is 1. The Morgan fingerprint density at radius 2 is 2.11 bits per heavy atom. The van der Waals surface area contributed by atoms with Crippen molar-refractivity contribution in [1.29, 1.82) is 0 Å². The molecule has 0 radical (unpaired) electrons. The molecule has 2 rings (SSSR count). The van der Waals surface area contributed by atoms with Crippen LogP contribution in [0, 0.1) is 0 Å². The average molecular weight is 249 g/mol. The van der Waals surface area contributed by atoms with Gasteiger partial charge in [0.05, 0.1) is 6.10 Å². The van der Waals surface area contributed by atoms with Crippen LogP contribution in [0.4, 0.5) is 5.82 Å². The molecule has 0 aromatic carbocycles. The number of pyridine rings is 1. The summed E-state index contributed by atoms with van der Waals surface area (Å²) in [7, 11) is 2.01. The molecule has 18 heavy (non-hydrogen) atoms. The lowest BCUT2D eigenvalue weighted by molar-refractivity contribution is 0.138. The summed E-state index contributed by atoms with van der Waals surface area (Å²) in [5.41, 5.74) is 1.20. The molecule has 0 amide bonds. The third kappa shape index (κ3) is 3.68. The molecule has 1 fully saturated rings. The molecule has 1 atom stereocenters. The van der Waals surface area contributed by atoms with Crippen LogP contribution in [0.1, 0.15) is 25.3 Å². The second-order valence-electron chi connectivity index (χ2n) is 5.26. The van der Waals surface area contributed by atoms with Crippen LogP contribution >= 0.6 is 0 Å². The highest BCUT2D eigenvalue weighted by Gasteiger charge is 2.13. The molecule has 1 aromatic heterocycles. The number of aliphatic hydroxyl groups excluding tert-OH is 1. The summed E-state index contributed by atoms with van der Waals surface area (Å²) in [5, 5.41) is 9.32. The van der Waals surface area contributed by atoms with Gasteiger partial charge in [-0.1, -0.05) is 6.07 Å². The molecule has 1 aliphatic heterocycles. The molecular formula is C14H23N3O. The Hall–Kier alpha value is -1.13. The van der Waals surface area contributed by atoms with Crippen molar-refractivity contribution in [2.45, 2.75) is 32.4 Å². The molecule has 0 aliphatic carbocycles. The van der Waals surface area contributed by atoms with Crippen LogP contribution < -0.4 is 4.90 Å². The van der Waals surface area contributed by atoms with Gasteiger partial charge in [0.15, 0.2) is 0 Å². The van der Waals surface area contributed by atoms with Crippen LogP contribution in [0.5, 0.6) is 0 Å². The van der Waals surface area contributed by atoms with E-state index >= 15 is 0 Å². The largest absolute Gasteiger partial charge is 0.392 e. The van der Waals surface area contributed by atoms with E-state index in [1.54, 1.807) is 0 Å². The minimum absolute atomic E-state index is 0.285. The SMILES string of the molecule is C[C@@H](O)CN(C)Cc1ccc(N2CCCC2)nc1. The summed E-state index contributed by atoms with van der Waals surface area (Å²) in [4.78, 5) is 8.97. The van der Waals surface area contributed by atoms with Gasteiger partial charge >= 0.3 is 0 Å². The van der Waals surface area contributed by atoms with Crippen LogP contribution in [0.3, 0.4) is 0 Å². The third-order valence-electron chi connectivity index (χ3n) is 3.27. The first-order valence-electron chi connectivity index (χ1n) is 6.71. The summed E-state index contributed by atoms with van der Waals surface area (Å²) in [6, 6.07) is 4.25. The Morgan fingerprint density at radius 3 is 2.67 bits per heavy atom. The second-order valence-corrected chi connectivity index (χ2v) is 5.26. The lowest BCUT2D eigenvalue weighted by Crippen LogP contribution is -2.26. The summed E-state index contributed by atoms with van der Waals surface area (Å²) in [6.45, 7) is 5.60. The summed E-state index contributed by atoms with van der Waals surface area (Å²) in [6.07, 6.45) is 4.22. The van der Waals surface area contributed by atoms with E-state index in [9.17, 15) is 5.11 Å². The van der Waals surface area contributed by atoms with E-state index < -0.39 is 0 Å². The average Bonchev–Trinajstić information content (AvgIpc) is 2.82. The minimum atomic E-state index is -0.285. The predicted octanol–water partition coefficient (Wildman–Crippen LogP) is 1.49. The normalized spacial score (nSPS) is 17.4. The molecular weight excluding hydrogens is 226 g/mol. The van der Waals surface area contributed by atoms with Crippen molar-refractivity contribution in [3.8, 4) is 0 Å². The molecule has 4 nitrogen and oxygen atoms in total. The maximum absolute atomic E-state index is 9.32. The Kier molecular flexibility index (Phi) is 4.55. The van der Waals surface area contributed by atoms with Gasteiger partial charge in [-0.05, 0) is 38.4 Å². The molecule has 0 saturated carbocycles. The lowest BCUT2D eigenvalue weighted by Gasteiger charge is -2.19. The number of nitrogens with zero attached hydrogens (tertiary/aromatic N) is 3. The third-order valence-corrected chi connectivity index (χ3v) is 3.27. The fraction of sp³-hybridized carbons (Fsp3) is 0.643. The summed E-state index contributed by atoms with van der Waals surface area (Å²) in [5.74, 6) is 1.09. The van der Waals surface area contributed by atoms with Crippen molar-refractivity contribution in [2.24, 2.45) is 0 Å². The molecule has 1 aromatic rings. The maximum Gasteiger partial charge on any atom is 0.128 e. The van der Waals surface area contributed by atoms with Crippen molar-refractivity contribution in [3.05, 3.63) is 23.9 Å². The van der Waals surface area contributed by atoms with Crippen LogP contribution in [0.2, 0.25) is 0 Å². The van der Waals surface area contributed by atoms with Gasteiger partial charge in [0.2, 0.25) is 0 Å². The Labute approximate surface area is 109 Å². The van der Waals surface area contributed by atoms with Gasteiger partial charge in [-0.3, -0.25) is 4.90 Å². The number of likely N-dealkylation sites (N-methyl/N-ethyl adjacent to an activating group) is 1. The minimum Gasteiger partial charge on any atom is -0.392 e. The number of hydrogen-bond donors (Lipinski definition) is 1. The van der Waals surface area contributed by atoms with Crippen LogP contribution in [0.15, 0.2) is 18.3 Å². The molecule has 2 heterocycles. The van der Waals surface area contributed by atoms with Gasteiger partial charge in [-0.25, -0.2) is 4.98 Å². The van der Waals surface area contributed by atoms with Gasteiger partial charge in [-0.15, -0.1) is 0 Å². The first-order valence-corrected chi connectivity index (χ1v) is 6.71. The molecule has 100 valence electrons. The first-order chi connectivity index (χ1) is 8.65. The fourth-order valence-corrected chi connectivity index (χ4v) is 2.47. The van der Waals surface area contributed by atoms with E-state index in [1.165, 1.54) is 18.4 Å². The van der Waals surface area contributed by atoms with Crippen LogP contribution in [-0.4, -0.2) is 47.8 Å². The van der Waals surface area contributed by atoms with E-state index in [1.807, 2.05) is 20.2 Å². The number of aromatic nitrogens is 1. The van der Waals surface area contributed by atoms with Crippen LogP contribution in [-0.2, 0) is 6.54 Å². The van der Waals surface area contributed by atoms with E-state index in [0.29, 0.717) is 6.54 Å². The van der Waals surface area contributed by atoms with Crippen molar-refractivity contribution < 1.29 is 5.11 Å². The Bertz CT molecular complexity index is 358. The monoisotopic (exact) mass is 249 g/mol. The van der Waals surface area contributed by atoms with Gasteiger partial charge in [0, 0.05) is 32.4 Å². The quantitative estimate of drug-likeness (QED) is 0.858. The highest BCUT2D eigenvalue weighted by atomic mass is 16.3. The fourth-order valence-electron chi connectivity index (χ4n) is 2.47. The Balaban J connectivity index is 1.90. The smallest absolute Gasteiger partial charge is 0.128 e. The van der Waals surface area contributed by atoms with Crippen molar-refractivity contribution >= 4 is 5.82 Å². The molecule has 0 bridgehead atoms. The van der Waals surface area contributed by atoms with Crippen molar-refractivity contribution in [2.75, 3.05) is 31.6 Å². The lowest BCUT2D eigenvalue weighted by atomic mass is 10.2. The predicted molar refractivity (Wildman–Crippen MR) is 73.7 cm³/mol. The molecule has 0 unspecified atom stereocenters. The molecule has 4 heteroatoms. The van der Waals surface area contributed by atoms with Crippen molar-refractivity contribution in [3.63, 3.8) is 0 Å². The van der Waals surface area contributed by atoms with E-state index in [0.717, 1.165) is 25.5 Å². The van der Waals surface area contributed by atoms with Gasteiger partial charge in [0.1, 0.15) is 5.82 Å². The first kappa shape index (κ1) is 13.3. The van der Waals surface area contributed by atoms with E-state index in [4.69, 9.17) is 0 Å². The number of hydrogen-bond acceptors (Lipinski definition) is 4. The standard InChI is InChI=1S/C14H23N3O/c1-12(18)10-16(2)11-13-5-6-14(15-9-13)17-7-3-4-8-17/h5-6,9,12,18H,3-4,7-8,10-11H2,1-2H3/t12-/m1/s1. The van der Waals surface area contributed by atoms with Gasteiger partial charge in [-0.2, -0.15) is 0 Å². The number of rotatable bonds is 5. The molecule has 0 spiro atoms. The highest BCUT2D eigenvalue weighted by molar-refractivity contribution is 5.40. The van der Waals surface area contributed by atoms with Gasteiger partial charge < -0.3 is 10.0 Å². The Morgan fingerprint density at radius 1 is 1.39 bits per heavy atom. The molecule has 1 aliphatic rings. The zero-order valence-corrected chi connectivity index (χ0v) is 11.3. The topological polar surface area (TPSA) is 39.6 Å². The zero-order valence-electron chi connectivity index (χ0n) is 11.3. The van der Waals surface area contributed by atoms with Crippen molar-refractivity contribution in [1.82, 2.24) is 9.88 Å². The highest BCUT2D eigenvalue weighted by Crippen LogP contribution is 2.17. The maximum atomic E-state index is 9.32. The van der Waals surface area contributed by atoms with E-state index in [2.05, 4.69) is 26.9 Å². The molecule has 1 N–H and O–H groups in total. The van der Waals surface area contributed by atoms with Crippen LogP contribution in [0.25, 0.3) is 0 Å². The second kappa shape index (κ2) is 6.16.